The maximum atomic E-state index is 12.4. The zero-order valence-corrected chi connectivity index (χ0v) is 16.4. The van der Waals surface area contributed by atoms with Crippen molar-refractivity contribution in [3.05, 3.63) is 41.1 Å². The fraction of sp³-hybridized carbons (Fsp3) is 0.421. The van der Waals surface area contributed by atoms with Crippen molar-refractivity contribution in [2.45, 2.75) is 45.3 Å². The number of ketones is 1. The van der Waals surface area contributed by atoms with Gasteiger partial charge in [-0.2, -0.15) is 4.98 Å². The van der Waals surface area contributed by atoms with Gasteiger partial charge in [0.2, 0.25) is 11.1 Å². The fourth-order valence-electron chi connectivity index (χ4n) is 3.09. The van der Waals surface area contributed by atoms with Crippen LogP contribution in [-0.4, -0.2) is 32.9 Å². The van der Waals surface area contributed by atoms with Gasteiger partial charge in [0.1, 0.15) is 11.8 Å². The van der Waals surface area contributed by atoms with E-state index in [-0.39, 0.29) is 11.8 Å². The molecule has 0 saturated carbocycles. The molecule has 1 unspecified atom stereocenters. The van der Waals surface area contributed by atoms with Crippen molar-refractivity contribution >= 4 is 23.5 Å². The van der Waals surface area contributed by atoms with Crippen LogP contribution in [0.1, 0.15) is 45.7 Å². The number of carbonyl (C=O) groups is 1. The zero-order chi connectivity index (χ0) is 18.7. The number of rotatable bonds is 7. The second-order valence-electron chi connectivity index (χ2n) is 6.14. The van der Waals surface area contributed by atoms with Crippen LogP contribution in [0.5, 0.6) is 5.75 Å². The van der Waals surface area contributed by atoms with Gasteiger partial charge in [-0.3, -0.25) is 4.79 Å². The predicted octanol–water partition coefficient (Wildman–Crippen LogP) is 4.06. The van der Waals surface area contributed by atoms with Crippen LogP contribution in [0.15, 0.2) is 40.7 Å². The number of Topliss-reactive ketones (excluding diaryl/α,β-unsaturated/α-hetero) is 1. The summed E-state index contributed by atoms with van der Waals surface area (Å²) in [6.45, 7) is 8.18. The van der Waals surface area contributed by atoms with E-state index >= 15 is 0 Å². The summed E-state index contributed by atoms with van der Waals surface area (Å²) in [5.41, 5.74) is 2.47. The molecule has 2 aromatic rings. The second kappa shape index (κ2) is 7.95. The highest BCUT2D eigenvalue weighted by molar-refractivity contribution is 7.99. The lowest BCUT2D eigenvalue weighted by Gasteiger charge is -2.28. The lowest BCUT2D eigenvalue weighted by molar-refractivity contribution is -0.114. The topological polar surface area (TPSA) is 69.0 Å². The van der Waals surface area contributed by atoms with Gasteiger partial charge in [-0.15, -0.1) is 5.10 Å². The van der Waals surface area contributed by atoms with Gasteiger partial charge in [0.05, 0.1) is 6.61 Å². The van der Waals surface area contributed by atoms with Gasteiger partial charge in [0, 0.05) is 17.0 Å². The summed E-state index contributed by atoms with van der Waals surface area (Å²) < 4.78 is 7.45. The highest BCUT2D eigenvalue weighted by Gasteiger charge is 2.32. The van der Waals surface area contributed by atoms with Gasteiger partial charge in [0.15, 0.2) is 5.78 Å². The number of fused-ring (bicyclic) bond motifs is 1. The highest BCUT2D eigenvalue weighted by Crippen LogP contribution is 2.37. The van der Waals surface area contributed by atoms with Gasteiger partial charge < -0.3 is 10.1 Å². The molecular formula is C19H24N4O2S. The molecule has 1 aromatic carbocycles. The Bertz CT molecular complexity index is 844. The Morgan fingerprint density at radius 3 is 2.88 bits per heavy atom. The number of thioether (sulfide) groups is 1. The van der Waals surface area contributed by atoms with Crippen molar-refractivity contribution in [2.75, 3.05) is 17.7 Å². The molecule has 1 N–H and O–H groups in total. The molecule has 0 radical (unpaired) electrons. The third-order valence-corrected chi connectivity index (χ3v) is 5.18. The van der Waals surface area contributed by atoms with E-state index < -0.39 is 0 Å². The summed E-state index contributed by atoms with van der Waals surface area (Å²) in [6.07, 6.45) is 1.05. The molecule has 1 aliphatic rings. The van der Waals surface area contributed by atoms with Crippen molar-refractivity contribution in [1.29, 1.82) is 0 Å². The van der Waals surface area contributed by atoms with Crippen molar-refractivity contribution < 1.29 is 9.53 Å². The number of aromatic nitrogens is 3. The minimum absolute atomic E-state index is 0.0192. The third kappa shape index (κ3) is 3.62. The van der Waals surface area contributed by atoms with E-state index in [9.17, 15) is 4.79 Å². The molecule has 3 rings (SSSR count). The standard InChI is InChI=1S/C19H24N4O2S/c1-5-10-26-19-21-18-20-12(3)16(13(4)24)17(23(18)22-19)14-8-7-9-15(11-14)25-6-2/h7-9,11,17H,5-6,10H2,1-4H3,(H,20,21,22). The average Bonchev–Trinajstić information content (AvgIpc) is 3.01. The summed E-state index contributed by atoms with van der Waals surface area (Å²) in [5, 5.41) is 8.62. The molecule has 0 amide bonds. The second-order valence-corrected chi connectivity index (χ2v) is 7.20. The first-order valence-electron chi connectivity index (χ1n) is 8.86. The number of hydrogen-bond acceptors (Lipinski definition) is 6. The average molecular weight is 372 g/mol. The first kappa shape index (κ1) is 18.5. The van der Waals surface area contributed by atoms with E-state index in [1.807, 2.05) is 42.8 Å². The Balaban J connectivity index is 2.09. The Morgan fingerprint density at radius 2 is 2.19 bits per heavy atom. The van der Waals surface area contributed by atoms with Crippen molar-refractivity contribution in [1.82, 2.24) is 14.8 Å². The summed E-state index contributed by atoms with van der Waals surface area (Å²) in [7, 11) is 0. The van der Waals surface area contributed by atoms with Crippen LogP contribution in [0.3, 0.4) is 0 Å². The van der Waals surface area contributed by atoms with Crippen molar-refractivity contribution in [2.24, 2.45) is 0 Å². The van der Waals surface area contributed by atoms with Crippen LogP contribution in [0, 0.1) is 0 Å². The SMILES string of the molecule is CCCSc1nc2n(n1)C(c1cccc(OCC)c1)C(C(C)=O)=C(C)N2. The highest BCUT2D eigenvalue weighted by atomic mass is 32.2. The molecule has 1 aliphatic heterocycles. The molecule has 6 nitrogen and oxygen atoms in total. The molecule has 0 aliphatic carbocycles. The number of nitrogens with one attached hydrogen (secondary N) is 1. The van der Waals surface area contributed by atoms with Gasteiger partial charge in [0.25, 0.3) is 0 Å². The molecule has 1 aromatic heterocycles. The van der Waals surface area contributed by atoms with Crippen LogP contribution in [0.2, 0.25) is 0 Å². The Morgan fingerprint density at radius 1 is 1.38 bits per heavy atom. The van der Waals surface area contributed by atoms with E-state index in [0.29, 0.717) is 18.1 Å². The monoisotopic (exact) mass is 372 g/mol. The summed E-state index contributed by atoms with van der Waals surface area (Å²) in [4.78, 5) is 17.0. The molecule has 0 saturated heterocycles. The fourth-order valence-corrected chi connectivity index (χ4v) is 3.77. The number of nitrogens with zero attached hydrogens (tertiary/aromatic N) is 3. The van der Waals surface area contributed by atoms with Gasteiger partial charge in [-0.05, 0) is 44.9 Å². The number of anilines is 1. The van der Waals surface area contributed by atoms with Crippen LogP contribution in [0.25, 0.3) is 0 Å². The van der Waals surface area contributed by atoms with Gasteiger partial charge >= 0.3 is 0 Å². The zero-order valence-electron chi connectivity index (χ0n) is 15.6. The Labute approximate surface area is 158 Å². The molecule has 2 heterocycles. The number of hydrogen-bond donors (Lipinski definition) is 1. The maximum Gasteiger partial charge on any atom is 0.227 e. The molecule has 26 heavy (non-hydrogen) atoms. The summed E-state index contributed by atoms with van der Waals surface area (Å²) in [6, 6.07) is 7.52. The molecule has 1 atom stereocenters. The van der Waals surface area contributed by atoms with Crippen LogP contribution in [0.4, 0.5) is 5.95 Å². The minimum Gasteiger partial charge on any atom is -0.494 e. The minimum atomic E-state index is -0.312. The Hall–Kier alpha value is -2.28. The van der Waals surface area contributed by atoms with Gasteiger partial charge in [-0.1, -0.05) is 30.8 Å². The maximum absolute atomic E-state index is 12.4. The normalized spacial score (nSPS) is 16.2. The Kier molecular flexibility index (Phi) is 5.66. The van der Waals surface area contributed by atoms with E-state index in [4.69, 9.17) is 4.74 Å². The number of ether oxygens (including phenoxy) is 1. The molecule has 0 bridgehead atoms. The quantitative estimate of drug-likeness (QED) is 0.739. The lowest BCUT2D eigenvalue weighted by atomic mass is 9.93. The van der Waals surface area contributed by atoms with Gasteiger partial charge in [-0.25, -0.2) is 4.68 Å². The van der Waals surface area contributed by atoms with Crippen molar-refractivity contribution in [3.8, 4) is 5.75 Å². The lowest BCUT2D eigenvalue weighted by Crippen LogP contribution is -2.27. The first-order valence-corrected chi connectivity index (χ1v) is 9.84. The molecule has 7 heteroatoms. The molecule has 0 spiro atoms. The number of carbonyl (C=O) groups excluding carboxylic acids is 1. The molecule has 138 valence electrons. The summed E-state index contributed by atoms with van der Waals surface area (Å²) in [5.74, 6) is 2.43. The van der Waals surface area contributed by atoms with Crippen molar-refractivity contribution in [3.63, 3.8) is 0 Å². The van der Waals surface area contributed by atoms with E-state index in [1.54, 1.807) is 18.7 Å². The van der Waals surface area contributed by atoms with E-state index in [1.165, 1.54) is 0 Å². The summed E-state index contributed by atoms with van der Waals surface area (Å²) >= 11 is 1.62. The van der Waals surface area contributed by atoms with Crippen LogP contribution in [-0.2, 0) is 4.79 Å². The number of allylic oxidation sites excluding steroid dienone is 2. The molecular weight excluding hydrogens is 348 g/mol. The van der Waals surface area contributed by atoms with Crippen LogP contribution < -0.4 is 10.1 Å². The number of benzene rings is 1. The third-order valence-electron chi connectivity index (χ3n) is 4.13. The van der Waals surface area contributed by atoms with Crippen LogP contribution >= 0.6 is 11.8 Å². The molecule has 0 fully saturated rings. The van der Waals surface area contributed by atoms with E-state index in [2.05, 4.69) is 22.3 Å². The smallest absolute Gasteiger partial charge is 0.227 e. The van der Waals surface area contributed by atoms with E-state index in [0.717, 1.165) is 34.3 Å². The first-order chi connectivity index (χ1) is 12.5. The predicted molar refractivity (Wildman–Crippen MR) is 104 cm³/mol. The largest absolute Gasteiger partial charge is 0.494 e.